The largest absolute Gasteiger partial charge is 0.396 e. The van der Waals surface area contributed by atoms with E-state index in [2.05, 4.69) is 18.9 Å². The molecule has 3 rings (SSSR count). The summed E-state index contributed by atoms with van der Waals surface area (Å²) >= 11 is 0. The summed E-state index contributed by atoms with van der Waals surface area (Å²) in [6.45, 7) is 4.32. The molecule has 0 amide bonds. The molecule has 3 heteroatoms. The van der Waals surface area contributed by atoms with Gasteiger partial charge in [-0.2, -0.15) is 0 Å². The first-order valence-electron chi connectivity index (χ1n) is 5.51. The average Bonchev–Trinajstić information content (AvgIpc) is 2.18. The lowest BCUT2D eigenvalue weighted by molar-refractivity contribution is -0.190. The molecule has 3 aliphatic rings. The Hall–Kier alpha value is -0.120. The van der Waals surface area contributed by atoms with Gasteiger partial charge in [0.05, 0.1) is 12.7 Å². The van der Waals surface area contributed by atoms with Crippen molar-refractivity contribution in [1.29, 1.82) is 0 Å². The van der Waals surface area contributed by atoms with Crippen LogP contribution in [-0.4, -0.2) is 47.0 Å². The summed E-state index contributed by atoms with van der Waals surface area (Å²) in [6.07, 6.45) is 1.86. The van der Waals surface area contributed by atoms with Gasteiger partial charge in [0, 0.05) is 17.5 Å². The van der Waals surface area contributed by atoms with Crippen molar-refractivity contribution in [2.45, 2.75) is 44.9 Å². The van der Waals surface area contributed by atoms with Crippen LogP contribution >= 0.6 is 0 Å². The topological polar surface area (TPSA) is 43.7 Å². The third kappa shape index (κ3) is 1.16. The van der Waals surface area contributed by atoms with Crippen LogP contribution in [0.1, 0.15) is 26.7 Å². The summed E-state index contributed by atoms with van der Waals surface area (Å²) in [5, 5.41) is 19.0. The van der Waals surface area contributed by atoms with Crippen LogP contribution in [0.2, 0.25) is 0 Å². The Kier molecular flexibility index (Phi) is 2.37. The van der Waals surface area contributed by atoms with Crippen LogP contribution in [0.25, 0.3) is 0 Å². The van der Waals surface area contributed by atoms with Gasteiger partial charge in [-0.1, -0.05) is 6.92 Å². The van der Waals surface area contributed by atoms with Crippen LogP contribution < -0.4 is 0 Å². The molecule has 1 saturated carbocycles. The fraction of sp³-hybridized carbons (Fsp3) is 1.00. The standard InChI is InChI=1S/C11H21NO2/c1-7(14)8-4-9-11(2,6-13)10(5-8)12(9)3/h7-10,13-14H,4-6H2,1-3H3. The SMILES string of the molecule is CC(O)C1CC2N(C)C(C1)C2(C)CO. The second-order valence-corrected chi connectivity index (χ2v) is 5.33. The molecule has 0 spiro atoms. The maximum Gasteiger partial charge on any atom is 0.0541 e. The quantitative estimate of drug-likeness (QED) is 0.679. The molecule has 3 fully saturated rings. The molecule has 3 unspecified atom stereocenters. The van der Waals surface area contributed by atoms with Gasteiger partial charge < -0.3 is 10.2 Å². The van der Waals surface area contributed by atoms with E-state index in [9.17, 15) is 10.2 Å². The third-order valence-electron chi connectivity index (χ3n) is 4.58. The van der Waals surface area contributed by atoms with Crippen molar-refractivity contribution in [3.8, 4) is 0 Å². The van der Waals surface area contributed by atoms with E-state index in [1.54, 1.807) is 0 Å². The molecule has 0 aromatic carbocycles. The summed E-state index contributed by atoms with van der Waals surface area (Å²) in [4.78, 5) is 2.36. The number of hydrogen-bond acceptors (Lipinski definition) is 3. The molecule has 14 heavy (non-hydrogen) atoms. The van der Waals surface area contributed by atoms with Crippen LogP contribution in [0.3, 0.4) is 0 Å². The minimum absolute atomic E-state index is 0.0835. The lowest BCUT2D eigenvalue weighted by Gasteiger charge is -2.66. The van der Waals surface area contributed by atoms with Crippen LogP contribution in [-0.2, 0) is 0 Å². The Labute approximate surface area is 85.7 Å². The molecule has 0 radical (unpaired) electrons. The van der Waals surface area contributed by atoms with E-state index in [0.29, 0.717) is 18.0 Å². The first-order chi connectivity index (χ1) is 6.50. The number of hydrogen-bond donors (Lipinski definition) is 2. The van der Waals surface area contributed by atoms with Crippen molar-refractivity contribution in [1.82, 2.24) is 4.90 Å². The molecular formula is C11H21NO2. The second kappa shape index (κ2) is 3.19. The predicted molar refractivity (Wildman–Crippen MR) is 54.9 cm³/mol. The van der Waals surface area contributed by atoms with Crippen molar-refractivity contribution in [2.75, 3.05) is 13.7 Å². The second-order valence-electron chi connectivity index (χ2n) is 5.33. The Bertz CT molecular complexity index is 215. The van der Waals surface area contributed by atoms with Gasteiger partial charge in [0.25, 0.3) is 0 Å². The van der Waals surface area contributed by atoms with Crippen molar-refractivity contribution in [3.63, 3.8) is 0 Å². The van der Waals surface area contributed by atoms with E-state index in [4.69, 9.17) is 0 Å². The van der Waals surface area contributed by atoms with Crippen LogP contribution in [0.4, 0.5) is 0 Å². The van der Waals surface area contributed by atoms with Gasteiger partial charge >= 0.3 is 0 Å². The minimum atomic E-state index is -0.197. The van der Waals surface area contributed by atoms with Gasteiger partial charge in [-0.25, -0.2) is 0 Å². The smallest absolute Gasteiger partial charge is 0.0541 e. The van der Waals surface area contributed by atoms with Crippen molar-refractivity contribution < 1.29 is 10.2 Å². The summed E-state index contributed by atoms with van der Waals surface area (Å²) in [6, 6.07) is 0.927. The number of piperidine rings is 1. The minimum Gasteiger partial charge on any atom is -0.396 e. The Morgan fingerprint density at radius 1 is 1.43 bits per heavy atom. The maximum absolute atomic E-state index is 9.56. The van der Waals surface area contributed by atoms with Crippen molar-refractivity contribution in [3.05, 3.63) is 0 Å². The highest BCUT2D eigenvalue weighted by Crippen LogP contribution is 2.53. The van der Waals surface area contributed by atoms with Crippen LogP contribution in [0.15, 0.2) is 0 Å². The normalized spacial score (nSPS) is 49.9. The monoisotopic (exact) mass is 199 g/mol. The summed E-state index contributed by atoms with van der Waals surface area (Å²) < 4.78 is 0. The number of nitrogens with zero attached hydrogens (tertiary/aromatic N) is 1. The van der Waals surface area contributed by atoms with E-state index >= 15 is 0 Å². The molecule has 82 valence electrons. The van der Waals surface area contributed by atoms with Gasteiger partial charge in [0.1, 0.15) is 0 Å². The first-order valence-corrected chi connectivity index (χ1v) is 5.51. The van der Waals surface area contributed by atoms with Gasteiger partial charge in [0.2, 0.25) is 0 Å². The highest BCUT2D eigenvalue weighted by molar-refractivity contribution is 5.13. The first kappa shape index (κ1) is 10.4. The molecule has 2 saturated heterocycles. The Morgan fingerprint density at radius 2 is 1.93 bits per heavy atom. The highest BCUT2D eigenvalue weighted by atomic mass is 16.3. The molecular weight excluding hydrogens is 178 g/mol. The summed E-state index contributed by atoms with van der Waals surface area (Å²) in [7, 11) is 2.13. The van der Waals surface area contributed by atoms with E-state index in [1.165, 1.54) is 0 Å². The molecule has 1 aliphatic carbocycles. The Balaban J connectivity index is 2.09. The molecule has 2 bridgehead atoms. The van der Waals surface area contributed by atoms with Crippen molar-refractivity contribution >= 4 is 0 Å². The van der Waals surface area contributed by atoms with Gasteiger partial charge in [0.15, 0.2) is 0 Å². The van der Waals surface area contributed by atoms with E-state index in [1.807, 2.05) is 6.92 Å². The lowest BCUT2D eigenvalue weighted by Crippen LogP contribution is -2.74. The molecule has 2 N–H and O–H groups in total. The zero-order valence-corrected chi connectivity index (χ0v) is 9.27. The number of aliphatic hydroxyl groups excluding tert-OH is 2. The maximum atomic E-state index is 9.56. The van der Waals surface area contributed by atoms with E-state index in [-0.39, 0.29) is 18.1 Å². The van der Waals surface area contributed by atoms with Gasteiger partial charge in [-0.05, 0) is 32.7 Å². The van der Waals surface area contributed by atoms with E-state index in [0.717, 1.165) is 12.8 Å². The van der Waals surface area contributed by atoms with Crippen molar-refractivity contribution in [2.24, 2.45) is 11.3 Å². The zero-order chi connectivity index (χ0) is 10.5. The predicted octanol–water partition coefficient (Wildman–Crippen LogP) is 0.458. The molecule has 3 nitrogen and oxygen atoms in total. The fourth-order valence-corrected chi connectivity index (χ4v) is 3.43. The van der Waals surface area contributed by atoms with E-state index < -0.39 is 0 Å². The van der Waals surface area contributed by atoms with Gasteiger partial charge in [-0.15, -0.1) is 0 Å². The number of rotatable bonds is 2. The molecule has 2 aliphatic heterocycles. The number of aliphatic hydroxyl groups is 2. The highest BCUT2D eigenvalue weighted by Gasteiger charge is 2.59. The summed E-state index contributed by atoms with van der Waals surface area (Å²) in [5.41, 5.74) is 0.0835. The lowest BCUT2D eigenvalue weighted by atomic mass is 9.56. The number of fused-ring (bicyclic) bond motifs is 2. The van der Waals surface area contributed by atoms with Crippen LogP contribution in [0, 0.1) is 11.3 Å². The fourth-order valence-electron chi connectivity index (χ4n) is 3.43. The summed E-state index contributed by atoms with van der Waals surface area (Å²) in [5.74, 6) is 0.431. The van der Waals surface area contributed by atoms with Crippen LogP contribution in [0.5, 0.6) is 0 Å². The molecule has 3 atom stereocenters. The Morgan fingerprint density at radius 3 is 2.29 bits per heavy atom. The molecule has 0 aromatic rings. The van der Waals surface area contributed by atoms with Gasteiger partial charge in [-0.3, -0.25) is 4.90 Å². The molecule has 2 heterocycles. The molecule has 0 aromatic heterocycles. The third-order valence-corrected chi connectivity index (χ3v) is 4.58. The average molecular weight is 199 g/mol. The zero-order valence-electron chi connectivity index (χ0n) is 9.27.